The highest BCUT2D eigenvalue weighted by Crippen LogP contribution is 2.46. The van der Waals surface area contributed by atoms with E-state index < -0.39 is 41.0 Å². The van der Waals surface area contributed by atoms with Gasteiger partial charge in [-0.3, -0.25) is 14.4 Å². The van der Waals surface area contributed by atoms with Gasteiger partial charge in [-0.25, -0.2) is 0 Å². The maximum absolute atomic E-state index is 13.6. The molecule has 2 aliphatic rings. The second kappa shape index (κ2) is 11.0. The van der Waals surface area contributed by atoms with Crippen LogP contribution in [0, 0.1) is 5.41 Å². The summed E-state index contributed by atoms with van der Waals surface area (Å²) >= 11 is 0. The Morgan fingerprint density at radius 2 is 1.57 bits per heavy atom. The average Bonchev–Trinajstić information content (AvgIpc) is 3.54. The van der Waals surface area contributed by atoms with E-state index >= 15 is 0 Å². The van der Waals surface area contributed by atoms with Crippen molar-refractivity contribution in [2.75, 3.05) is 13.7 Å². The fraction of sp³-hybridized carbons (Fsp3) is 0.483. The van der Waals surface area contributed by atoms with E-state index in [4.69, 9.17) is 4.74 Å². The molecule has 1 saturated carbocycles. The minimum Gasteiger partial charge on any atom is -0.497 e. The summed E-state index contributed by atoms with van der Waals surface area (Å²) in [4.78, 5) is 40.2. The maximum atomic E-state index is 13.6. The van der Waals surface area contributed by atoms with E-state index in [1.165, 1.54) is 0 Å². The van der Waals surface area contributed by atoms with Gasteiger partial charge in [-0.15, -0.1) is 0 Å². The Morgan fingerprint density at radius 3 is 2.14 bits per heavy atom. The van der Waals surface area contributed by atoms with Gasteiger partial charge in [-0.1, -0.05) is 49.4 Å². The molecule has 0 aromatic heterocycles. The topological polar surface area (TPSA) is 117 Å². The number of Topliss-reactive ketones (excluding diaryl/α,β-unsaturated/α-hetero) is 1. The molecule has 2 aromatic carbocycles. The molecule has 4 rings (SSSR count). The molecule has 1 heterocycles. The molecule has 0 spiro atoms. The van der Waals surface area contributed by atoms with Crippen LogP contribution in [0.2, 0.25) is 0 Å². The molecule has 2 amide bonds. The molecule has 37 heavy (non-hydrogen) atoms. The number of amides is 2. The summed E-state index contributed by atoms with van der Waals surface area (Å²) in [5.41, 5.74) is 0.144. The lowest BCUT2D eigenvalue weighted by Gasteiger charge is -2.28. The first-order valence-corrected chi connectivity index (χ1v) is 12.9. The summed E-state index contributed by atoms with van der Waals surface area (Å²) < 4.78 is 5.23. The van der Waals surface area contributed by atoms with Crippen molar-refractivity contribution in [1.82, 2.24) is 16.0 Å². The molecule has 4 atom stereocenters. The number of methoxy groups -OCH3 is 1. The summed E-state index contributed by atoms with van der Waals surface area (Å²) in [6.07, 6.45) is 2.65. The lowest BCUT2D eigenvalue weighted by Crippen LogP contribution is -2.59. The molecule has 8 heteroatoms. The summed E-state index contributed by atoms with van der Waals surface area (Å²) in [5, 5.41) is 19.4. The molecule has 0 radical (unpaired) electrons. The molecule has 0 bridgehead atoms. The zero-order chi connectivity index (χ0) is 26.6. The Hall–Kier alpha value is -3.23. The molecular weight excluding hydrogens is 470 g/mol. The number of nitrogens with one attached hydrogen (secondary N) is 3. The third-order valence-electron chi connectivity index (χ3n) is 7.61. The minimum atomic E-state index is -1.21. The Bertz CT molecular complexity index is 1110. The van der Waals surface area contributed by atoms with Crippen LogP contribution in [0.4, 0.5) is 0 Å². The first-order chi connectivity index (χ1) is 17.6. The lowest BCUT2D eigenvalue weighted by molar-refractivity contribution is -0.134. The molecule has 0 unspecified atom stereocenters. The molecular formula is C29H37N3O5. The molecule has 8 nitrogen and oxygen atoms in total. The monoisotopic (exact) mass is 507 g/mol. The van der Waals surface area contributed by atoms with E-state index in [1.807, 2.05) is 49.4 Å². The summed E-state index contributed by atoms with van der Waals surface area (Å²) in [5.74, 6) is -0.178. The molecule has 1 saturated heterocycles. The number of rotatable bonds is 11. The van der Waals surface area contributed by atoms with E-state index in [-0.39, 0.29) is 12.2 Å². The Balaban J connectivity index is 1.55. The van der Waals surface area contributed by atoms with Gasteiger partial charge in [-0.05, 0) is 62.4 Å². The normalized spacial score (nSPS) is 23.5. The first kappa shape index (κ1) is 26.8. The highest BCUT2D eigenvalue weighted by Gasteiger charge is 2.48. The van der Waals surface area contributed by atoms with Crippen LogP contribution >= 0.6 is 0 Å². The Labute approximate surface area is 218 Å². The fourth-order valence-corrected chi connectivity index (χ4v) is 4.86. The van der Waals surface area contributed by atoms with Crippen LogP contribution < -0.4 is 20.7 Å². The number of benzene rings is 2. The van der Waals surface area contributed by atoms with Crippen LogP contribution in [0.5, 0.6) is 5.75 Å². The van der Waals surface area contributed by atoms with E-state index in [0.29, 0.717) is 25.1 Å². The van der Waals surface area contributed by atoms with Gasteiger partial charge in [0.1, 0.15) is 17.8 Å². The van der Waals surface area contributed by atoms with Crippen molar-refractivity contribution in [1.29, 1.82) is 0 Å². The fourth-order valence-electron chi connectivity index (χ4n) is 4.86. The van der Waals surface area contributed by atoms with Gasteiger partial charge in [0.2, 0.25) is 11.8 Å². The van der Waals surface area contributed by atoms with Gasteiger partial charge in [-0.2, -0.15) is 0 Å². The minimum absolute atomic E-state index is 0.0135. The lowest BCUT2D eigenvalue weighted by atomic mass is 9.92. The first-order valence-electron chi connectivity index (χ1n) is 12.9. The molecule has 1 aliphatic heterocycles. The predicted octanol–water partition coefficient (Wildman–Crippen LogP) is 1.93. The van der Waals surface area contributed by atoms with E-state index in [0.717, 1.165) is 24.0 Å². The predicted molar refractivity (Wildman–Crippen MR) is 140 cm³/mol. The molecule has 4 N–H and O–H groups in total. The van der Waals surface area contributed by atoms with Gasteiger partial charge < -0.3 is 25.8 Å². The van der Waals surface area contributed by atoms with Crippen molar-refractivity contribution in [3.63, 3.8) is 0 Å². The van der Waals surface area contributed by atoms with Crippen molar-refractivity contribution >= 4 is 17.6 Å². The number of hydrogen-bond acceptors (Lipinski definition) is 6. The third kappa shape index (κ3) is 6.56. The average molecular weight is 508 g/mol. The number of carbonyl (C=O) groups excluding carboxylic acids is 3. The number of carbonyl (C=O) groups is 3. The van der Waals surface area contributed by atoms with Gasteiger partial charge in [0.05, 0.1) is 18.8 Å². The van der Waals surface area contributed by atoms with Gasteiger partial charge in [0, 0.05) is 11.8 Å². The number of ketones is 1. The number of hydrogen-bond donors (Lipinski definition) is 4. The van der Waals surface area contributed by atoms with E-state index in [1.54, 1.807) is 26.2 Å². The van der Waals surface area contributed by atoms with Crippen molar-refractivity contribution in [2.24, 2.45) is 5.41 Å². The van der Waals surface area contributed by atoms with Crippen LogP contribution in [0.15, 0.2) is 54.6 Å². The van der Waals surface area contributed by atoms with Crippen LogP contribution in [-0.4, -0.2) is 60.1 Å². The van der Waals surface area contributed by atoms with Crippen LogP contribution in [0.25, 0.3) is 0 Å². The van der Waals surface area contributed by atoms with Gasteiger partial charge in [0.25, 0.3) is 0 Å². The summed E-state index contributed by atoms with van der Waals surface area (Å²) in [6.45, 7) is 4.05. The Kier molecular flexibility index (Phi) is 7.99. The summed E-state index contributed by atoms with van der Waals surface area (Å²) in [7, 11) is 1.58. The van der Waals surface area contributed by atoms with E-state index in [2.05, 4.69) is 16.0 Å². The second-order valence-electron chi connectivity index (χ2n) is 10.8. The molecule has 198 valence electrons. The number of aliphatic hydroxyl groups is 1. The Morgan fingerprint density at radius 1 is 0.946 bits per heavy atom. The standard InChI is InChI=1S/C29H37N3O5/c1-28(13-14-28)25(33)22(17-19-7-5-4-6-8-19)31-26(34)23(18-20-9-11-21(37-3)12-10-20)32-27(35)24-29(2,36)15-16-30-24/h4-12,22-24,30,36H,13-18H2,1-3H3,(H,31,34)(H,32,35)/t22-,23-,24-,29-/m0/s1. The smallest absolute Gasteiger partial charge is 0.243 e. The molecule has 2 fully saturated rings. The maximum Gasteiger partial charge on any atom is 0.243 e. The summed E-state index contributed by atoms with van der Waals surface area (Å²) in [6, 6.07) is 14.4. The molecule has 1 aliphatic carbocycles. The largest absolute Gasteiger partial charge is 0.497 e. The van der Waals surface area contributed by atoms with Crippen molar-refractivity contribution in [2.45, 2.75) is 69.7 Å². The zero-order valence-electron chi connectivity index (χ0n) is 21.8. The van der Waals surface area contributed by atoms with E-state index in [9.17, 15) is 19.5 Å². The third-order valence-corrected chi connectivity index (χ3v) is 7.61. The highest BCUT2D eigenvalue weighted by atomic mass is 16.5. The van der Waals surface area contributed by atoms with Crippen LogP contribution in [-0.2, 0) is 27.2 Å². The highest BCUT2D eigenvalue weighted by molar-refractivity contribution is 5.97. The molecule has 2 aromatic rings. The van der Waals surface area contributed by atoms with Crippen molar-refractivity contribution in [3.8, 4) is 5.75 Å². The van der Waals surface area contributed by atoms with Gasteiger partial charge >= 0.3 is 0 Å². The second-order valence-corrected chi connectivity index (χ2v) is 10.8. The van der Waals surface area contributed by atoms with Crippen LogP contribution in [0.1, 0.15) is 44.2 Å². The van der Waals surface area contributed by atoms with Crippen molar-refractivity contribution < 1.29 is 24.2 Å². The SMILES string of the molecule is COc1ccc(C[C@H](NC(=O)[C@@H]2NCC[C@]2(C)O)C(=O)N[C@@H](Cc2ccccc2)C(=O)C2(C)CC2)cc1. The van der Waals surface area contributed by atoms with Gasteiger partial charge in [0.15, 0.2) is 5.78 Å². The van der Waals surface area contributed by atoms with Crippen molar-refractivity contribution in [3.05, 3.63) is 65.7 Å². The zero-order valence-corrected chi connectivity index (χ0v) is 21.8. The van der Waals surface area contributed by atoms with Crippen LogP contribution in [0.3, 0.4) is 0 Å². The quantitative estimate of drug-likeness (QED) is 0.369. The number of ether oxygens (including phenoxy) is 1.